The van der Waals surface area contributed by atoms with E-state index in [1.54, 1.807) is 14.0 Å². The van der Waals surface area contributed by atoms with Crippen molar-refractivity contribution in [3.63, 3.8) is 0 Å². The molecule has 0 saturated heterocycles. The van der Waals surface area contributed by atoms with Gasteiger partial charge >= 0.3 is 5.97 Å². The van der Waals surface area contributed by atoms with Crippen LogP contribution in [0.1, 0.15) is 18.2 Å². The molecular weight excluding hydrogens is 256 g/mol. The van der Waals surface area contributed by atoms with Gasteiger partial charge in [-0.3, -0.25) is 0 Å². The minimum Gasteiger partial charge on any atom is -0.379 e. The summed E-state index contributed by atoms with van der Waals surface area (Å²) in [4.78, 5) is 19.1. The lowest BCUT2D eigenvalue weighted by Gasteiger charge is -2.01. The van der Waals surface area contributed by atoms with Crippen molar-refractivity contribution in [1.82, 2.24) is 20.4 Å². The smallest absolute Gasteiger partial charge is 0.334 e. The fourth-order valence-corrected chi connectivity index (χ4v) is 2.20. The molecular formula is C10H12N4O3S. The lowest BCUT2D eigenvalue weighted by molar-refractivity contribution is -0.145. The van der Waals surface area contributed by atoms with Crippen molar-refractivity contribution in [1.29, 1.82) is 0 Å². The fraction of sp³-hybridized carbons (Fsp3) is 0.400. The van der Waals surface area contributed by atoms with Crippen LogP contribution in [0.3, 0.4) is 0 Å². The predicted octanol–water partition coefficient (Wildman–Crippen LogP) is 0.913. The molecule has 0 aromatic carbocycles. The average molecular weight is 268 g/mol. The van der Waals surface area contributed by atoms with E-state index >= 15 is 0 Å². The highest BCUT2D eigenvalue weighted by Gasteiger charge is 2.14. The Morgan fingerprint density at radius 3 is 3.06 bits per heavy atom. The zero-order chi connectivity index (χ0) is 13.0. The monoisotopic (exact) mass is 268 g/mol. The molecule has 0 radical (unpaired) electrons. The van der Waals surface area contributed by atoms with Gasteiger partial charge in [-0.2, -0.15) is 0 Å². The van der Waals surface area contributed by atoms with Gasteiger partial charge in [0, 0.05) is 18.4 Å². The van der Waals surface area contributed by atoms with E-state index in [9.17, 15) is 4.79 Å². The SMILES string of the molecule is CCC(=O)On1nnnc1-c1ccc(COC)s1. The third kappa shape index (κ3) is 2.71. The molecule has 0 N–H and O–H groups in total. The molecule has 8 heteroatoms. The van der Waals surface area contributed by atoms with Crippen molar-refractivity contribution in [3.8, 4) is 10.7 Å². The summed E-state index contributed by atoms with van der Waals surface area (Å²) < 4.78 is 5.04. The van der Waals surface area contributed by atoms with E-state index in [1.165, 1.54) is 11.3 Å². The van der Waals surface area contributed by atoms with E-state index < -0.39 is 5.97 Å². The minimum atomic E-state index is -0.391. The second-order valence-electron chi connectivity index (χ2n) is 3.39. The van der Waals surface area contributed by atoms with Gasteiger partial charge in [0.05, 0.1) is 11.5 Å². The number of tetrazole rings is 1. The van der Waals surface area contributed by atoms with Crippen molar-refractivity contribution in [2.24, 2.45) is 0 Å². The third-order valence-electron chi connectivity index (χ3n) is 2.09. The summed E-state index contributed by atoms with van der Waals surface area (Å²) in [6.07, 6.45) is 0.263. The molecule has 0 amide bonds. The van der Waals surface area contributed by atoms with Crippen LogP contribution >= 0.6 is 11.3 Å². The Hall–Kier alpha value is -1.80. The largest absolute Gasteiger partial charge is 0.379 e. The maximum atomic E-state index is 11.2. The zero-order valence-corrected chi connectivity index (χ0v) is 10.8. The van der Waals surface area contributed by atoms with E-state index in [-0.39, 0.29) is 6.42 Å². The van der Waals surface area contributed by atoms with Crippen LogP contribution in [0, 0.1) is 0 Å². The number of nitrogens with zero attached hydrogens (tertiary/aromatic N) is 4. The van der Waals surface area contributed by atoms with Gasteiger partial charge in [-0.1, -0.05) is 6.92 Å². The molecule has 0 unspecified atom stereocenters. The Bertz CT molecular complexity index is 537. The molecule has 0 saturated carbocycles. The second-order valence-corrected chi connectivity index (χ2v) is 4.56. The topological polar surface area (TPSA) is 79.1 Å². The Morgan fingerprint density at radius 1 is 1.50 bits per heavy atom. The van der Waals surface area contributed by atoms with Crippen LogP contribution in [0.4, 0.5) is 0 Å². The predicted molar refractivity (Wildman–Crippen MR) is 63.7 cm³/mol. The Labute approximate surface area is 107 Å². The van der Waals surface area contributed by atoms with Crippen molar-refractivity contribution >= 4 is 17.3 Å². The van der Waals surface area contributed by atoms with E-state index in [2.05, 4.69) is 15.5 Å². The summed E-state index contributed by atoms with van der Waals surface area (Å²) in [5.74, 6) is 0.0152. The first-order valence-electron chi connectivity index (χ1n) is 5.32. The van der Waals surface area contributed by atoms with Crippen LogP contribution < -0.4 is 4.84 Å². The first-order chi connectivity index (χ1) is 8.74. The quantitative estimate of drug-likeness (QED) is 0.750. The number of hydrogen-bond donors (Lipinski definition) is 0. The Balaban J connectivity index is 2.21. The molecule has 0 aliphatic heterocycles. The molecule has 18 heavy (non-hydrogen) atoms. The Kier molecular flexibility index (Phi) is 4.00. The molecule has 7 nitrogen and oxygen atoms in total. The van der Waals surface area contributed by atoms with Crippen molar-refractivity contribution in [2.45, 2.75) is 20.0 Å². The minimum absolute atomic E-state index is 0.263. The molecule has 0 bridgehead atoms. The van der Waals surface area contributed by atoms with Crippen LogP contribution in [-0.4, -0.2) is 33.4 Å². The maximum Gasteiger partial charge on any atom is 0.334 e. The number of carbonyl (C=O) groups excluding carboxylic acids is 1. The van der Waals surface area contributed by atoms with Gasteiger partial charge in [-0.15, -0.1) is 16.4 Å². The van der Waals surface area contributed by atoms with Gasteiger partial charge in [0.25, 0.3) is 0 Å². The molecule has 0 atom stereocenters. The number of carbonyl (C=O) groups is 1. The highest BCUT2D eigenvalue weighted by Crippen LogP contribution is 2.25. The van der Waals surface area contributed by atoms with Crippen LogP contribution in [0.25, 0.3) is 10.7 Å². The highest BCUT2D eigenvalue weighted by molar-refractivity contribution is 7.15. The van der Waals surface area contributed by atoms with Crippen LogP contribution in [0.2, 0.25) is 0 Å². The first-order valence-corrected chi connectivity index (χ1v) is 6.13. The fourth-order valence-electron chi connectivity index (χ4n) is 1.26. The summed E-state index contributed by atoms with van der Waals surface area (Å²) in [6, 6.07) is 3.78. The average Bonchev–Trinajstić information content (AvgIpc) is 2.98. The second kappa shape index (κ2) is 5.69. The van der Waals surface area contributed by atoms with Crippen LogP contribution in [0.5, 0.6) is 0 Å². The van der Waals surface area contributed by atoms with Gasteiger partial charge < -0.3 is 9.57 Å². The molecule has 0 fully saturated rings. The molecule has 2 rings (SSSR count). The lowest BCUT2D eigenvalue weighted by atomic mass is 10.4. The summed E-state index contributed by atoms with van der Waals surface area (Å²) >= 11 is 1.48. The number of rotatable bonds is 5. The molecule has 96 valence electrons. The van der Waals surface area contributed by atoms with Crippen LogP contribution in [0.15, 0.2) is 12.1 Å². The van der Waals surface area contributed by atoms with E-state index in [0.717, 1.165) is 14.6 Å². The van der Waals surface area contributed by atoms with Crippen molar-refractivity contribution in [2.75, 3.05) is 7.11 Å². The number of hydrogen-bond acceptors (Lipinski definition) is 7. The normalized spacial score (nSPS) is 10.6. The molecule has 2 aromatic heterocycles. The Morgan fingerprint density at radius 2 is 2.33 bits per heavy atom. The zero-order valence-electron chi connectivity index (χ0n) is 9.99. The number of ether oxygens (including phenoxy) is 1. The lowest BCUT2D eigenvalue weighted by Crippen LogP contribution is -2.20. The molecule has 0 aliphatic carbocycles. The molecule has 0 spiro atoms. The summed E-state index contributed by atoms with van der Waals surface area (Å²) in [5, 5.41) is 11.0. The number of aromatic nitrogens is 4. The summed E-state index contributed by atoms with van der Waals surface area (Å²) in [5.41, 5.74) is 0. The van der Waals surface area contributed by atoms with Crippen molar-refractivity contribution in [3.05, 3.63) is 17.0 Å². The summed E-state index contributed by atoms with van der Waals surface area (Å²) in [7, 11) is 1.63. The first kappa shape index (κ1) is 12.7. The van der Waals surface area contributed by atoms with Gasteiger partial charge in [0.2, 0.25) is 5.82 Å². The van der Waals surface area contributed by atoms with E-state index in [4.69, 9.17) is 9.57 Å². The van der Waals surface area contributed by atoms with E-state index in [1.807, 2.05) is 12.1 Å². The van der Waals surface area contributed by atoms with Gasteiger partial charge in [0.15, 0.2) is 0 Å². The summed E-state index contributed by atoms with van der Waals surface area (Å²) in [6.45, 7) is 2.23. The van der Waals surface area contributed by atoms with Crippen LogP contribution in [-0.2, 0) is 16.1 Å². The highest BCUT2D eigenvalue weighted by atomic mass is 32.1. The van der Waals surface area contributed by atoms with E-state index in [0.29, 0.717) is 12.4 Å². The third-order valence-corrected chi connectivity index (χ3v) is 3.14. The van der Waals surface area contributed by atoms with Gasteiger partial charge in [0.1, 0.15) is 0 Å². The maximum absolute atomic E-state index is 11.2. The number of thiophene rings is 1. The molecule has 2 heterocycles. The number of methoxy groups -OCH3 is 1. The standard InChI is InChI=1S/C10H12N4O3S/c1-3-9(15)17-14-10(11-12-13-14)8-5-4-7(18-8)6-16-2/h4-5H,3,6H2,1-2H3. The van der Waals surface area contributed by atoms with Gasteiger partial charge in [-0.05, 0) is 27.4 Å². The molecule has 0 aliphatic rings. The molecule has 2 aromatic rings. The van der Waals surface area contributed by atoms with Gasteiger partial charge in [-0.25, -0.2) is 4.79 Å². The van der Waals surface area contributed by atoms with Crippen molar-refractivity contribution < 1.29 is 14.4 Å².